The van der Waals surface area contributed by atoms with Crippen molar-refractivity contribution in [3.05, 3.63) is 40.7 Å². The Hall–Kier alpha value is -3.07. The number of benzene rings is 1. The zero-order chi connectivity index (χ0) is 18.8. The van der Waals surface area contributed by atoms with Crippen molar-refractivity contribution in [1.29, 1.82) is 0 Å². The van der Waals surface area contributed by atoms with Gasteiger partial charge in [-0.25, -0.2) is 4.98 Å². The number of ether oxygens (including phenoxy) is 2. The van der Waals surface area contributed by atoms with E-state index in [1.54, 1.807) is 19.3 Å². The van der Waals surface area contributed by atoms with E-state index < -0.39 is 0 Å². The topological polar surface area (TPSA) is 99.1 Å². The summed E-state index contributed by atoms with van der Waals surface area (Å²) in [7, 11) is 0. The fourth-order valence-electron chi connectivity index (χ4n) is 2.76. The Morgan fingerprint density at radius 1 is 1.15 bits per heavy atom. The summed E-state index contributed by atoms with van der Waals surface area (Å²) in [6.45, 7) is 4.96. The number of ketones is 1. The van der Waals surface area contributed by atoms with E-state index in [-0.39, 0.29) is 12.3 Å². The molecule has 9 heteroatoms. The van der Waals surface area contributed by atoms with Crippen LogP contribution in [0.5, 0.6) is 11.5 Å². The average Bonchev–Trinajstić information content (AvgIpc) is 3.12. The standard InChI is InChI=1S/C18H17N5O3S/c1-10-5-15-16(26-4-3-25-15)6-12(10)13-7-20-17(9-19-13)21-8-14(24)18-11(2)22-23-27-18/h5-7,9H,3-4,8H2,1-2H3,(H,20,21). The first-order valence-electron chi connectivity index (χ1n) is 8.40. The Balaban J connectivity index is 1.48. The molecule has 0 atom stereocenters. The number of aryl methyl sites for hydroxylation is 2. The first-order chi connectivity index (χ1) is 13.1. The smallest absolute Gasteiger partial charge is 0.195 e. The van der Waals surface area contributed by atoms with Crippen molar-refractivity contribution in [2.75, 3.05) is 25.1 Å². The number of anilines is 1. The van der Waals surface area contributed by atoms with E-state index >= 15 is 0 Å². The Labute approximate surface area is 159 Å². The summed E-state index contributed by atoms with van der Waals surface area (Å²) in [6.07, 6.45) is 3.28. The molecule has 0 unspecified atom stereocenters. The van der Waals surface area contributed by atoms with Gasteiger partial charge in [-0.15, -0.1) is 5.10 Å². The lowest BCUT2D eigenvalue weighted by Crippen LogP contribution is -2.15. The van der Waals surface area contributed by atoms with Gasteiger partial charge in [-0.05, 0) is 43.1 Å². The van der Waals surface area contributed by atoms with Crippen LogP contribution in [-0.2, 0) is 0 Å². The van der Waals surface area contributed by atoms with Crippen LogP contribution in [-0.4, -0.2) is 45.1 Å². The highest BCUT2D eigenvalue weighted by molar-refractivity contribution is 7.08. The van der Waals surface area contributed by atoms with Gasteiger partial charge in [-0.1, -0.05) is 4.49 Å². The number of hydrogen-bond donors (Lipinski definition) is 1. The van der Waals surface area contributed by atoms with E-state index in [1.807, 2.05) is 19.1 Å². The van der Waals surface area contributed by atoms with Crippen LogP contribution in [0, 0.1) is 13.8 Å². The predicted molar refractivity (Wildman–Crippen MR) is 101 cm³/mol. The molecule has 3 aromatic rings. The minimum absolute atomic E-state index is 0.0731. The SMILES string of the molecule is Cc1cc2c(cc1-c1cnc(NCC(=O)c3snnc3C)cn1)OCCO2. The largest absolute Gasteiger partial charge is 0.486 e. The molecule has 0 fully saturated rings. The normalized spacial score (nSPS) is 12.7. The fourth-order valence-corrected chi connectivity index (χ4v) is 3.35. The zero-order valence-electron chi connectivity index (χ0n) is 14.9. The van der Waals surface area contributed by atoms with Crippen LogP contribution in [0.25, 0.3) is 11.3 Å². The van der Waals surface area contributed by atoms with E-state index in [2.05, 4.69) is 24.9 Å². The number of Topliss-reactive ketones (excluding diaryl/α,β-unsaturated/α-hetero) is 1. The Bertz CT molecular complexity index is 987. The number of hydrogen-bond acceptors (Lipinski definition) is 9. The summed E-state index contributed by atoms with van der Waals surface area (Å²) in [6, 6.07) is 3.87. The maximum Gasteiger partial charge on any atom is 0.195 e. The van der Waals surface area contributed by atoms with Crippen LogP contribution >= 0.6 is 11.5 Å². The highest BCUT2D eigenvalue weighted by Gasteiger charge is 2.16. The molecular weight excluding hydrogens is 366 g/mol. The number of carbonyl (C=O) groups is 1. The van der Waals surface area contributed by atoms with Gasteiger partial charge in [0.2, 0.25) is 0 Å². The van der Waals surface area contributed by atoms with Crippen LogP contribution in [0.2, 0.25) is 0 Å². The maximum atomic E-state index is 12.2. The van der Waals surface area contributed by atoms with Crippen molar-refractivity contribution in [3.63, 3.8) is 0 Å². The molecule has 0 aliphatic carbocycles. The minimum Gasteiger partial charge on any atom is -0.486 e. The molecular formula is C18H17N5O3S. The monoisotopic (exact) mass is 383 g/mol. The molecule has 1 aliphatic heterocycles. The second-order valence-corrected chi connectivity index (χ2v) is 6.82. The van der Waals surface area contributed by atoms with Crippen LogP contribution < -0.4 is 14.8 Å². The number of aromatic nitrogens is 4. The summed E-state index contributed by atoms with van der Waals surface area (Å²) in [5.41, 5.74) is 3.32. The van der Waals surface area contributed by atoms with Crippen LogP contribution in [0.4, 0.5) is 5.82 Å². The molecule has 0 saturated heterocycles. The first kappa shape index (κ1) is 17.3. The minimum atomic E-state index is -0.0731. The second-order valence-electron chi connectivity index (χ2n) is 6.06. The number of fused-ring (bicyclic) bond motifs is 1. The molecule has 0 radical (unpaired) electrons. The Kier molecular flexibility index (Phi) is 4.68. The first-order valence-corrected chi connectivity index (χ1v) is 9.18. The third-order valence-electron chi connectivity index (χ3n) is 4.15. The molecule has 2 aromatic heterocycles. The molecule has 3 heterocycles. The summed E-state index contributed by atoms with van der Waals surface area (Å²) in [4.78, 5) is 21.5. The van der Waals surface area contributed by atoms with Gasteiger partial charge < -0.3 is 14.8 Å². The highest BCUT2D eigenvalue weighted by atomic mass is 32.1. The van der Waals surface area contributed by atoms with Gasteiger partial charge in [0.25, 0.3) is 0 Å². The number of carbonyl (C=O) groups excluding carboxylic acids is 1. The lowest BCUT2D eigenvalue weighted by Gasteiger charge is -2.20. The third kappa shape index (κ3) is 3.59. The summed E-state index contributed by atoms with van der Waals surface area (Å²) >= 11 is 1.10. The highest BCUT2D eigenvalue weighted by Crippen LogP contribution is 2.36. The van der Waals surface area contributed by atoms with E-state index in [0.29, 0.717) is 35.4 Å². The molecule has 0 bridgehead atoms. The van der Waals surface area contributed by atoms with Crippen molar-refractivity contribution >= 4 is 23.1 Å². The van der Waals surface area contributed by atoms with E-state index in [0.717, 1.165) is 34.1 Å². The van der Waals surface area contributed by atoms with Crippen LogP contribution in [0.1, 0.15) is 20.9 Å². The molecule has 138 valence electrons. The average molecular weight is 383 g/mol. The van der Waals surface area contributed by atoms with Gasteiger partial charge in [0.05, 0.1) is 30.3 Å². The lowest BCUT2D eigenvalue weighted by molar-refractivity contribution is 0.101. The van der Waals surface area contributed by atoms with E-state index in [4.69, 9.17) is 9.47 Å². The van der Waals surface area contributed by atoms with Crippen molar-refractivity contribution in [2.24, 2.45) is 0 Å². The van der Waals surface area contributed by atoms with Crippen LogP contribution in [0.15, 0.2) is 24.5 Å². The van der Waals surface area contributed by atoms with Gasteiger partial charge in [0, 0.05) is 5.56 Å². The molecule has 1 aromatic carbocycles. The molecule has 27 heavy (non-hydrogen) atoms. The van der Waals surface area contributed by atoms with Gasteiger partial charge in [-0.2, -0.15) is 0 Å². The van der Waals surface area contributed by atoms with E-state index in [1.165, 1.54) is 0 Å². The predicted octanol–water partition coefficient (Wildman–Crippen LogP) is 2.68. The molecule has 0 saturated carbocycles. The van der Waals surface area contributed by atoms with Crippen molar-refractivity contribution in [1.82, 2.24) is 19.6 Å². The van der Waals surface area contributed by atoms with Gasteiger partial charge >= 0.3 is 0 Å². The molecule has 1 aliphatic rings. The summed E-state index contributed by atoms with van der Waals surface area (Å²) < 4.78 is 15.0. The molecule has 0 spiro atoms. The quantitative estimate of drug-likeness (QED) is 0.672. The van der Waals surface area contributed by atoms with Crippen molar-refractivity contribution in [2.45, 2.75) is 13.8 Å². The number of nitrogens with zero attached hydrogens (tertiary/aromatic N) is 4. The molecule has 8 nitrogen and oxygen atoms in total. The molecule has 1 N–H and O–H groups in total. The molecule has 4 rings (SSSR count). The Morgan fingerprint density at radius 3 is 2.59 bits per heavy atom. The van der Waals surface area contributed by atoms with Gasteiger partial charge in [0.15, 0.2) is 17.3 Å². The van der Waals surface area contributed by atoms with Crippen molar-refractivity contribution < 1.29 is 14.3 Å². The van der Waals surface area contributed by atoms with Crippen molar-refractivity contribution in [3.8, 4) is 22.8 Å². The summed E-state index contributed by atoms with van der Waals surface area (Å²) in [5, 5.41) is 6.84. The van der Waals surface area contributed by atoms with Gasteiger partial charge in [-0.3, -0.25) is 9.78 Å². The zero-order valence-corrected chi connectivity index (χ0v) is 15.7. The second kappa shape index (κ2) is 7.28. The van der Waals surface area contributed by atoms with E-state index in [9.17, 15) is 4.79 Å². The third-order valence-corrected chi connectivity index (χ3v) is 5.02. The number of nitrogens with one attached hydrogen (secondary N) is 1. The Morgan fingerprint density at radius 2 is 1.93 bits per heavy atom. The molecule has 0 amide bonds. The number of rotatable bonds is 5. The summed E-state index contributed by atoms with van der Waals surface area (Å²) in [5.74, 6) is 1.92. The van der Waals surface area contributed by atoms with Crippen LogP contribution in [0.3, 0.4) is 0 Å². The van der Waals surface area contributed by atoms with Gasteiger partial charge in [0.1, 0.15) is 23.9 Å². The lowest BCUT2D eigenvalue weighted by atomic mass is 10.0. The maximum absolute atomic E-state index is 12.2. The fraction of sp³-hybridized carbons (Fsp3) is 0.278.